The highest BCUT2D eigenvalue weighted by molar-refractivity contribution is 5.93. The normalized spacial score (nSPS) is 25.4. The molecule has 1 atom stereocenters. The molecule has 0 bridgehead atoms. The Bertz CT molecular complexity index is 330. The SMILES string of the molecule is O=C(NCC1(O)CCNC1)c1cn[nH]c1. The number of aromatic amines is 1. The van der Waals surface area contributed by atoms with Crippen LogP contribution in [0.15, 0.2) is 12.4 Å². The van der Waals surface area contributed by atoms with Crippen LogP contribution in [0.5, 0.6) is 0 Å². The van der Waals surface area contributed by atoms with Crippen molar-refractivity contribution in [1.29, 1.82) is 0 Å². The maximum atomic E-state index is 11.5. The molecule has 0 spiro atoms. The molecule has 1 aliphatic heterocycles. The summed E-state index contributed by atoms with van der Waals surface area (Å²) < 4.78 is 0. The summed E-state index contributed by atoms with van der Waals surface area (Å²) in [4.78, 5) is 11.5. The second-order valence-electron chi connectivity index (χ2n) is 3.82. The van der Waals surface area contributed by atoms with Gasteiger partial charge in [0.2, 0.25) is 0 Å². The molecule has 1 amide bonds. The van der Waals surface area contributed by atoms with Gasteiger partial charge in [-0.05, 0) is 13.0 Å². The van der Waals surface area contributed by atoms with Crippen molar-refractivity contribution in [3.8, 4) is 0 Å². The smallest absolute Gasteiger partial charge is 0.254 e. The quantitative estimate of drug-likeness (QED) is 0.508. The number of aromatic nitrogens is 2. The monoisotopic (exact) mass is 210 g/mol. The van der Waals surface area contributed by atoms with E-state index in [0.717, 1.165) is 6.54 Å². The predicted molar refractivity (Wildman–Crippen MR) is 53.4 cm³/mol. The Balaban J connectivity index is 1.85. The van der Waals surface area contributed by atoms with E-state index in [1.54, 1.807) is 0 Å². The van der Waals surface area contributed by atoms with Gasteiger partial charge < -0.3 is 15.7 Å². The molecular weight excluding hydrogens is 196 g/mol. The minimum absolute atomic E-state index is 0.218. The van der Waals surface area contributed by atoms with Gasteiger partial charge in [0, 0.05) is 19.3 Å². The number of aliphatic hydroxyl groups is 1. The molecule has 82 valence electrons. The fraction of sp³-hybridized carbons (Fsp3) is 0.556. The van der Waals surface area contributed by atoms with Gasteiger partial charge in [-0.15, -0.1) is 0 Å². The lowest BCUT2D eigenvalue weighted by molar-refractivity contribution is 0.0562. The first-order chi connectivity index (χ1) is 7.20. The maximum Gasteiger partial charge on any atom is 0.254 e. The Kier molecular flexibility index (Phi) is 2.70. The molecule has 1 fully saturated rings. The van der Waals surface area contributed by atoms with Crippen LogP contribution in [0.1, 0.15) is 16.8 Å². The number of β-amino-alcohol motifs (C(OH)–C–C–N with tert-alkyl or cyclic N) is 1. The molecule has 1 aliphatic rings. The molecule has 0 aromatic carbocycles. The number of nitrogens with one attached hydrogen (secondary N) is 3. The minimum Gasteiger partial charge on any atom is -0.387 e. The van der Waals surface area contributed by atoms with Crippen LogP contribution in [-0.4, -0.2) is 46.4 Å². The second kappa shape index (κ2) is 4.00. The van der Waals surface area contributed by atoms with Crippen molar-refractivity contribution in [2.75, 3.05) is 19.6 Å². The van der Waals surface area contributed by atoms with E-state index in [1.165, 1.54) is 12.4 Å². The predicted octanol–water partition coefficient (Wildman–Crippen LogP) is -1.14. The average Bonchev–Trinajstić information content (AvgIpc) is 2.85. The van der Waals surface area contributed by atoms with E-state index in [2.05, 4.69) is 20.8 Å². The molecular formula is C9H14N4O2. The number of carbonyl (C=O) groups is 1. The Hall–Kier alpha value is -1.40. The van der Waals surface area contributed by atoms with Gasteiger partial charge in [0.05, 0.1) is 17.4 Å². The molecule has 6 nitrogen and oxygen atoms in total. The first kappa shape index (κ1) is 10.1. The average molecular weight is 210 g/mol. The molecule has 1 aromatic heterocycles. The standard InChI is InChI=1S/C9H14N4O2/c14-8(7-3-12-13-4-7)11-6-9(15)1-2-10-5-9/h3-4,10,15H,1-2,5-6H2,(H,11,14)(H,12,13). The van der Waals surface area contributed by atoms with Crippen molar-refractivity contribution in [3.05, 3.63) is 18.0 Å². The summed E-state index contributed by atoms with van der Waals surface area (Å²) in [6, 6.07) is 0. The molecule has 0 aliphatic carbocycles. The van der Waals surface area contributed by atoms with Crippen molar-refractivity contribution >= 4 is 5.91 Å². The highest BCUT2D eigenvalue weighted by Crippen LogP contribution is 2.12. The van der Waals surface area contributed by atoms with E-state index in [9.17, 15) is 9.90 Å². The summed E-state index contributed by atoms with van der Waals surface area (Å²) in [5.74, 6) is -0.218. The molecule has 0 saturated carbocycles. The van der Waals surface area contributed by atoms with Crippen LogP contribution in [0.25, 0.3) is 0 Å². The summed E-state index contributed by atoms with van der Waals surface area (Å²) in [5.41, 5.74) is -0.330. The molecule has 6 heteroatoms. The number of hydrogen-bond acceptors (Lipinski definition) is 4. The summed E-state index contributed by atoms with van der Waals surface area (Å²) in [6.45, 7) is 1.58. The zero-order valence-electron chi connectivity index (χ0n) is 8.29. The topological polar surface area (TPSA) is 90.0 Å². The lowest BCUT2D eigenvalue weighted by Crippen LogP contribution is -2.44. The number of nitrogens with zero attached hydrogens (tertiary/aromatic N) is 1. The number of rotatable bonds is 3. The fourth-order valence-corrected chi connectivity index (χ4v) is 1.60. The second-order valence-corrected chi connectivity index (χ2v) is 3.82. The van der Waals surface area contributed by atoms with Crippen LogP contribution in [-0.2, 0) is 0 Å². The Morgan fingerprint density at radius 1 is 1.73 bits per heavy atom. The van der Waals surface area contributed by atoms with Gasteiger partial charge in [0.1, 0.15) is 0 Å². The van der Waals surface area contributed by atoms with Crippen LogP contribution in [0.4, 0.5) is 0 Å². The fourth-order valence-electron chi connectivity index (χ4n) is 1.60. The highest BCUT2D eigenvalue weighted by Gasteiger charge is 2.31. The summed E-state index contributed by atoms with van der Waals surface area (Å²) in [6.07, 6.45) is 3.64. The Morgan fingerprint density at radius 3 is 3.20 bits per heavy atom. The van der Waals surface area contributed by atoms with E-state index >= 15 is 0 Å². The van der Waals surface area contributed by atoms with Gasteiger partial charge in [-0.1, -0.05) is 0 Å². The molecule has 1 saturated heterocycles. The third-order valence-electron chi connectivity index (χ3n) is 2.56. The third kappa shape index (κ3) is 2.34. The molecule has 4 N–H and O–H groups in total. The van der Waals surface area contributed by atoms with E-state index in [-0.39, 0.29) is 12.5 Å². The van der Waals surface area contributed by atoms with Crippen LogP contribution < -0.4 is 10.6 Å². The summed E-state index contributed by atoms with van der Waals surface area (Å²) >= 11 is 0. The Morgan fingerprint density at radius 2 is 2.60 bits per heavy atom. The van der Waals surface area contributed by atoms with E-state index in [0.29, 0.717) is 18.5 Å². The van der Waals surface area contributed by atoms with Gasteiger partial charge in [0.15, 0.2) is 0 Å². The van der Waals surface area contributed by atoms with Crippen LogP contribution >= 0.6 is 0 Å². The van der Waals surface area contributed by atoms with Crippen molar-refractivity contribution in [3.63, 3.8) is 0 Å². The van der Waals surface area contributed by atoms with Gasteiger partial charge in [-0.3, -0.25) is 9.89 Å². The summed E-state index contributed by atoms with van der Waals surface area (Å²) in [7, 11) is 0. The lowest BCUT2D eigenvalue weighted by atomic mass is 10.0. The van der Waals surface area contributed by atoms with Gasteiger partial charge in [-0.25, -0.2) is 0 Å². The number of carbonyl (C=O) groups excluding carboxylic acids is 1. The van der Waals surface area contributed by atoms with Gasteiger partial charge in [0.25, 0.3) is 5.91 Å². The molecule has 2 rings (SSSR count). The van der Waals surface area contributed by atoms with Gasteiger partial charge >= 0.3 is 0 Å². The minimum atomic E-state index is -0.806. The lowest BCUT2D eigenvalue weighted by Gasteiger charge is -2.21. The van der Waals surface area contributed by atoms with Crippen LogP contribution in [0, 0.1) is 0 Å². The number of amides is 1. The van der Waals surface area contributed by atoms with Crippen molar-refractivity contribution < 1.29 is 9.90 Å². The summed E-state index contributed by atoms with van der Waals surface area (Å²) in [5, 5.41) is 21.9. The van der Waals surface area contributed by atoms with E-state index in [1.807, 2.05) is 0 Å². The number of hydrogen-bond donors (Lipinski definition) is 4. The Labute approximate surface area is 87.1 Å². The largest absolute Gasteiger partial charge is 0.387 e. The van der Waals surface area contributed by atoms with Crippen molar-refractivity contribution in [2.24, 2.45) is 0 Å². The van der Waals surface area contributed by atoms with E-state index in [4.69, 9.17) is 0 Å². The van der Waals surface area contributed by atoms with Crippen molar-refractivity contribution in [2.45, 2.75) is 12.0 Å². The zero-order valence-corrected chi connectivity index (χ0v) is 8.29. The first-order valence-electron chi connectivity index (χ1n) is 4.90. The maximum absolute atomic E-state index is 11.5. The zero-order chi connectivity index (χ0) is 10.7. The van der Waals surface area contributed by atoms with Crippen molar-refractivity contribution in [1.82, 2.24) is 20.8 Å². The third-order valence-corrected chi connectivity index (χ3v) is 2.56. The molecule has 0 radical (unpaired) electrons. The first-order valence-corrected chi connectivity index (χ1v) is 4.90. The van der Waals surface area contributed by atoms with Crippen LogP contribution in [0.2, 0.25) is 0 Å². The van der Waals surface area contributed by atoms with Gasteiger partial charge in [-0.2, -0.15) is 5.10 Å². The molecule has 1 unspecified atom stereocenters. The molecule has 15 heavy (non-hydrogen) atoms. The number of H-pyrrole nitrogens is 1. The molecule has 2 heterocycles. The molecule has 1 aromatic rings. The highest BCUT2D eigenvalue weighted by atomic mass is 16.3. The van der Waals surface area contributed by atoms with Crippen LogP contribution in [0.3, 0.4) is 0 Å². The van der Waals surface area contributed by atoms with E-state index < -0.39 is 5.60 Å².